The number of ether oxygens (including phenoxy) is 2. The molecule has 0 radical (unpaired) electrons. The monoisotopic (exact) mass is 638 g/mol. The van der Waals surface area contributed by atoms with E-state index in [4.69, 9.17) is 9.47 Å². The van der Waals surface area contributed by atoms with Crippen molar-refractivity contribution in [2.75, 3.05) is 24.7 Å². The molecular formula is C28H30O13S2. The van der Waals surface area contributed by atoms with Crippen molar-refractivity contribution in [1.82, 2.24) is 0 Å². The molecule has 43 heavy (non-hydrogen) atoms. The van der Waals surface area contributed by atoms with E-state index in [0.717, 1.165) is 42.1 Å². The number of thioether (sulfide) groups is 2. The molecule has 10 N–H and O–H groups in total. The number of hydrogen-bond acceptors (Lipinski definition) is 15. The summed E-state index contributed by atoms with van der Waals surface area (Å²) in [5.41, 5.74) is -0.0346. The van der Waals surface area contributed by atoms with Crippen molar-refractivity contribution in [3.05, 3.63) is 52.6 Å². The zero-order valence-corrected chi connectivity index (χ0v) is 24.2. The third kappa shape index (κ3) is 6.34. The second-order valence-corrected chi connectivity index (χ2v) is 12.2. The number of carbonyl (C=O) groups is 1. The van der Waals surface area contributed by atoms with Crippen LogP contribution in [0.25, 0.3) is 0 Å². The molecule has 1 aliphatic heterocycles. The van der Waals surface area contributed by atoms with Crippen molar-refractivity contribution in [2.24, 2.45) is 0 Å². The highest BCUT2D eigenvalue weighted by Crippen LogP contribution is 2.58. The number of aliphatic hydroxyl groups excluding tert-OH is 2. The highest BCUT2D eigenvalue weighted by Gasteiger charge is 2.46. The maximum absolute atomic E-state index is 13.3. The molecule has 1 aliphatic rings. The zero-order valence-electron chi connectivity index (χ0n) is 22.5. The molecule has 0 bridgehead atoms. The standard InChI is InChI=1S/C28H30O13S2/c1-11(42-4-2-29)20-14(31)10-15(32)21-25(20)40-24(12-6-16(33)22(37)17(34)7-12)26(27(21)43-5-3-30)41-28(39)13-8-18(35)23(38)19(36)9-13/h6-11,24,26-27,29-38H,2-5H2,1H3. The van der Waals surface area contributed by atoms with Crippen LogP contribution in [0.4, 0.5) is 0 Å². The summed E-state index contributed by atoms with van der Waals surface area (Å²) in [6.45, 7) is 1.26. The number of rotatable bonds is 10. The van der Waals surface area contributed by atoms with Crippen LogP contribution in [-0.4, -0.2) is 87.9 Å². The first-order valence-corrected chi connectivity index (χ1v) is 14.9. The Labute approximate surface area is 253 Å². The van der Waals surface area contributed by atoms with Gasteiger partial charge in [-0.2, -0.15) is 11.8 Å². The minimum atomic E-state index is -1.40. The number of esters is 1. The van der Waals surface area contributed by atoms with E-state index in [1.807, 2.05) is 0 Å². The Bertz CT molecular complexity index is 1470. The van der Waals surface area contributed by atoms with Crippen molar-refractivity contribution in [1.29, 1.82) is 0 Å². The lowest BCUT2D eigenvalue weighted by Crippen LogP contribution is -2.38. The summed E-state index contributed by atoms with van der Waals surface area (Å²) >= 11 is 2.33. The summed E-state index contributed by atoms with van der Waals surface area (Å²) in [5.74, 6) is -6.25. The molecule has 3 aromatic rings. The first-order valence-electron chi connectivity index (χ1n) is 12.8. The van der Waals surface area contributed by atoms with Crippen LogP contribution >= 0.6 is 23.5 Å². The molecule has 0 aliphatic carbocycles. The second kappa shape index (κ2) is 13.1. The average Bonchev–Trinajstić information content (AvgIpc) is 2.95. The first-order chi connectivity index (χ1) is 20.4. The Morgan fingerprint density at radius 1 is 0.814 bits per heavy atom. The smallest absolute Gasteiger partial charge is 0.338 e. The largest absolute Gasteiger partial charge is 0.507 e. The second-order valence-electron chi connectivity index (χ2n) is 9.50. The van der Waals surface area contributed by atoms with E-state index in [9.17, 15) is 55.9 Å². The van der Waals surface area contributed by atoms with Crippen LogP contribution in [0.3, 0.4) is 0 Å². The van der Waals surface area contributed by atoms with Gasteiger partial charge in [0.15, 0.2) is 46.7 Å². The van der Waals surface area contributed by atoms with E-state index in [2.05, 4.69) is 0 Å². The molecule has 15 heteroatoms. The fraction of sp³-hybridized carbons (Fsp3) is 0.321. The highest BCUT2D eigenvalue weighted by molar-refractivity contribution is 7.99. The summed E-state index contributed by atoms with van der Waals surface area (Å²) in [5, 5.41) is 99.4. The van der Waals surface area contributed by atoms with Crippen molar-refractivity contribution >= 4 is 29.5 Å². The SMILES string of the molecule is CC(SCCO)c1c(O)cc(O)c2c1OC(c1cc(O)c(O)c(O)c1)C(OC(=O)c1cc(O)c(O)c(O)c1)C2SCCO. The van der Waals surface area contributed by atoms with Gasteiger partial charge in [-0.25, -0.2) is 4.79 Å². The molecule has 0 aromatic heterocycles. The summed E-state index contributed by atoms with van der Waals surface area (Å²) in [6, 6.07) is 4.92. The van der Waals surface area contributed by atoms with Gasteiger partial charge in [-0.05, 0) is 31.2 Å². The van der Waals surface area contributed by atoms with Gasteiger partial charge in [0.2, 0.25) is 0 Å². The Morgan fingerprint density at radius 3 is 1.93 bits per heavy atom. The maximum atomic E-state index is 13.3. The number of hydrogen-bond donors (Lipinski definition) is 10. The molecule has 3 aromatic carbocycles. The van der Waals surface area contributed by atoms with Crippen molar-refractivity contribution in [3.63, 3.8) is 0 Å². The quantitative estimate of drug-likeness (QED) is 0.113. The van der Waals surface area contributed by atoms with Crippen LogP contribution in [-0.2, 0) is 4.74 Å². The van der Waals surface area contributed by atoms with Crippen LogP contribution in [0.2, 0.25) is 0 Å². The minimum absolute atomic E-state index is 0.00449. The van der Waals surface area contributed by atoms with Gasteiger partial charge in [-0.3, -0.25) is 0 Å². The van der Waals surface area contributed by atoms with Gasteiger partial charge in [-0.1, -0.05) is 0 Å². The Hall–Kier alpha value is -4.05. The van der Waals surface area contributed by atoms with E-state index in [0.29, 0.717) is 5.75 Å². The van der Waals surface area contributed by atoms with Crippen molar-refractivity contribution in [2.45, 2.75) is 29.6 Å². The Morgan fingerprint density at radius 2 is 1.37 bits per heavy atom. The first kappa shape index (κ1) is 31.9. The number of phenols is 8. The van der Waals surface area contributed by atoms with Gasteiger partial charge in [-0.15, -0.1) is 11.8 Å². The summed E-state index contributed by atoms with van der Waals surface area (Å²) < 4.78 is 12.1. The van der Waals surface area contributed by atoms with Crippen molar-refractivity contribution < 1.29 is 65.3 Å². The van der Waals surface area contributed by atoms with E-state index in [-0.39, 0.29) is 52.7 Å². The van der Waals surface area contributed by atoms with Gasteiger partial charge >= 0.3 is 5.97 Å². The molecule has 0 amide bonds. The van der Waals surface area contributed by atoms with Gasteiger partial charge in [0.25, 0.3) is 0 Å². The highest BCUT2D eigenvalue weighted by atomic mass is 32.2. The van der Waals surface area contributed by atoms with Crippen molar-refractivity contribution in [3.8, 4) is 51.7 Å². The lowest BCUT2D eigenvalue weighted by Gasteiger charge is -2.40. The number of phenolic OH excluding ortho intramolecular Hbond substituents is 8. The molecule has 1 heterocycles. The normalized spacial score (nSPS) is 18.4. The lowest BCUT2D eigenvalue weighted by atomic mass is 9.90. The van der Waals surface area contributed by atoms with Crippen LogP contribution in [0, 0.1) is 0 Å². The molecule has 0 saturated heterocycles. The minimum Gasteiger partial charge on any atom is -0.507 e. The third-order valence-electron chi connectivity index (χ3n) is 6.66. The predicted molar refractivity (Wildman–Crippen MR) is 155 cm³/mol. The molecule has 0 spiro atoms. The summed E-state index contributed by atoms with van der Waals surface area (Å²) in [6.07, 6.45) is -2.78. The van der Waals surface area contributed by atoms with E-state index in [1.165, 1.54) is 11.8 Å². The van der Waals surface area contributed by atoms with Crippen LogP contribution in [0.5, 0.6) is 51.7 Å². The van der Waals surface area contributed by atoms with Crippen LogP contribution < -0.4 is 4.74 Å². The topological polar surface area (TPSA) is 238 Å². The lowest BCUT2D eigenvalue weighted by molar-refractivity contribution is -0.0207. The molecular weight excluding hydrogens is 608 g/mol. The molecule has 4 unspecified atom stereocenters. The van der Waals surface area contributed by atoms with Gasteiger partial charge in [0, 0.05) is 33.9 Å². The van der Waals surface area contributed by atoms with Crippen LogP contribution in [0.15, 0.2) is 30.3 Å². The number of carbonyl (C=O) groups excluding carboxylic acids is 1. The zero-order chi connectivity index (χ0) is 31.6. The Kier molecular flexibility index (Phi) is 9.69. The molecule has 0 saturated carbocycles. The average molecular weight is 639 g/mol. The predicted octanol–water partition coefficient (Wildman–Crippen LogP) is 3.24. The number of benzene rings is 3. The van der Waals surface area contributed by atoms with E-state index in [1.54, 1.807) is 6.92 Å². The summed E-state index contributed by atoms with van der Waals surface area (Å²) in [7, 11) is 0. The number of aliphatic hydroxyl groups is 2. The molecule has 4 atom stereocenters. The third-order valence-corrected chi connectivity index (χ3v) is 9.10. The molecule has 232 valence electrons. The molecule has 13 nitrogen and oxygen atoms in total. The van der Waals surface area contributed by atoms with Gasteiger partial charge in [0.05, 0.1) is 29.6 Å². The Balaban J connectivity index is 1.93. The fourth-order valence-electron chi connectivity index (χ4n) is 4.73. The summed E-state index contributed by atoms with van der Waals surface area (Å²) in [4.78, 5) is 13.3. The van der Waals surface area contributed by atoms with E-state index >= 15 is 0 Å². The maximum Gasteiger partial charge on any atom is 0.338 e. The van der Waals surface area contributed by atoms with Gasteiger partial charge < -0.3 is 60.5 Å². The van der Waals surface area contributed by atoms with E-state index < -0.39 is 68.9 Å². The number of fused-ring (bicyclic) bond motifs is 1. The van der Waals surface area contributed by atoms with Gasteiger partial charge in [0.1, 0.15) is 17.2 Å². The van der Waals surface area contributed by atoms with Crippen LogP contribution in [0.1, 0.15) is 50.6 Å². The molecule has 4 rings (SSSR count). The number of aromatic hydroxyl groups is 8. The molecule has 0 fully saturated rings. The fourth-order valence-corrected chi connectivity index (χ4v) is 6.72.